The monoisotopic (exact) mass is 294 g/mol. The van der Waals surface area contributed by atoms with Crippen LogP contribution < -0.4 is 10.6 Å². The maximum absolute atomic E-state index is 14.1. The van der Waals surface area contributed by atoms with Gasteiger partial charge >= 0.3 is 0 Å². The lowest BCUT2D eigenvalue weighted by Gasteiger charge is -2.19. The molecule has 1 aromatic heterocycles. The summed E-state index contributed by atoms with van der Waals surface area (Å²) in [4.78, 5) is 6.11. The number of hydrogen-bond donors (Lipinski definition) is 2. The third-order valence-electron chi connectivity index (χ3n) is 2.83. The van der Waals surface area contributed by atoms with E-state index in [1.54, 1.807) is 35.4 Å². The van der Waals surface area contributed by atoms with Crippen molar-refractivity contribution in [2.75, 3.05) is 11.9 Å². The van der Waals surface area contributed by atoms with Gasteiger partial charge in [0, 0.05) is 18.0 Å². The molecule has 2 rings (SSSR count). The van der Waals surface area contributed by atoms with Gasteiger partial charge in [-0.1, -0.05) is 5.16 Å². The molecule has 0 bridgehead atoms. The smallest absolute Gasteiger partial charge is 0.170 e. The molecule has 7 heteroatoms. The van der Waals surface area contributed by atoms with E-state index in [1.165, 1.54) is 6.07 Å². The first kappa shape index (κ1) is 14.3. The molecule has 0 saturated carbocycles. The first-order chi connectivity index (χ1) is 9.51. The minimum atomic E-state index is -0.427. The van der Waals surface area contributed by atoms with Crippen LogP contribution in [0.2, 0.25) is 0 Å². The van der Waals surface area contributed by atoms with E-state index in [4.69, 9.17) is 10.9 Å². The summed E-state index contributed by atoms with van der Waals surface area (Å²) in [6, 6.07) is 4.45. The molecule has 0 aliphatic carbocycles. The third kappa shape index (κ3) is 3.05. The van der Waals surface area contributed by atoms with E-state index in [2.05, 4.69) is 10.1 Å². The van der Waals surface area contributed by atoms with Crippen LogP contribution in [-0.2, 0) is 6.54 Å². The Hall–Kier alpha value is -2.15. The Labute approximate surface area is 120 Å². The predicted octanol–water partition coefficient (Wildman–Crippen LogP) is 2.32. The van der Waals surface area contributed by atoms with Crippen molar-refractivity contribution in [3.05, 3.63) is 45.7 Å². The van der Waals surface area contributed by atoms with Crippen LogP contribution in [0.25, 0.3) is 0 Å². The number of nitrogens with two attached hydrogens (primary N) is 1. The Bertz CT molecular complexity index is 641. The molecule has 0 aliphatic heterocycles. The number of nitrogens with zero attached hydrogens (tertiary/aromatic N) is 3. The van der Waals surface area contributed by atoms with Crippen molar-refractivity contribution in [2.45, 2.75) is 13.5 Å². The average Bonchev–Trinajstić information content (AvgIpc) is 2.82. The number of amidine groups is 1. The molecule has 2 aromatic rings. The molecule has 0 fully saturated rings. The summed E-state index contributed by atoms with van der Waals surface area (Å²) in [6.07, 6.45) is 0. The highest BCUT2D eigenvalue weighted by molar-refractivity contribution is 7.09. The number of benzene rings is 1. The molecule has 1 aromatic carbocycles. The van der Waals surface area contributed by atoms with Crippen LogP contribution in [0.1, 0.15) is 16.3 Å². The van der Waals surface area contributed by atoms with E-state index < -0.39 is 5.82 Å². The fraction of sp³-hybridized carbons (Fsp3) is 0.231. The highest BCUT2D eigenvalue weighted by atomic mass is 32.1. The zero-order chi connectivity index (χ0) is 14.7. The van der Waals surface area contributed by atoms with E-state index in [0.717, 1.165) is 10.7 Å². The zero-order valence-corrected chi connectivity index (χ0v) is 12.0. The molecule has 5 nitrogen and oxygen atoms in total. The number of aryl methyl sites for hydroxylation is 1. The van der Waals surface area contributed by atoms with Gasteiger partial charge in [0.1, 0.15) is 5.82 Å². The van der Waals surface area contributed by atoms with Gasteiger partial charge in [-0.3, -0.25) is 0 Å². The number of oxime groups is 1. The second-order valence-corrected chi connectivity index (χ2v) is 5.43. The molecule has 0 saturated heterocycles. The van der Waals surface area contributed by atoms with E-state index in [9.17, 15) is 4.39 Å². The maximum atomic E-state index is 14.1. The number of rotatable bonds is 4. The van der Waals surface area contributed by atoms with Crippen LogP contribution in [0.4, 0.5) is 10.1 Å². The van der Waals surface area contributed by atoms with Gasteiger partial charge in [-0.05, 0) is 25.1 Å². The molecule has 0 spiro atoms. The number of aromatic nitrogens is 1. The quantitative estimate of drug-likeness (QED) is 0.393. The maximum Gasteiger partial charge on any atom is 0.170 e. The third-order valence-corrected chi connectivity index (χ3v) is 3.65. The summed E-state index contributed by atoms with van der Waals surface area (Å²) in [7, 11) is 1.79. The summed E-state index contributed by atoms with van der Waals surface area (Å²) in [5.74, 6) is -0.545. The van der Waals surface area contributed by atoms with Gasteiger partial charge in [-0.25, -0.2) is 9.37 Å². The average molecular weight is 294 g/mol. The van der Waals surface area contributed by atoms with Gasteiger partial charge in [0.05, 0.1) is 22.9 Å². The molecule has 0 atom stereocenters. The normalized spacial score (nSPS) is 11.7. The first-order valence-corrected chi connectivity index (χ1v) is 6.79. The lowest BCUT2D eigenvalue weighted by molar-refractivity contribution is 0.318. The summed E-state index contributed by atoms with van der Waals surface area (Å²) in [6.45, 7) is 2.45. The largest absolute Gasteiger partial charge is 0.409 e. The Balaban J connectivity index is 2.20. The number of anilines is 1. The Kier molecular flexibility index (Phi) is 4.19. The molecule has 1 heterocycles. The highest BCUT2D eigenvalue weighted by Gasteiger charge is 2.11. The predicted molar refractivity (Wildman–Crippen MR) is 77.9 cm³/mol. The molecular weight excluding hydrogens is 279 g/mol. The van der Waals surface area contributed by atoms with Crippen molar-refractivity contribution in [3.63, 3.8) is 0 Å². The second kappa shape index (κ2) is 5.87. The number of thiazole rings is 1. The van der Waals surface area contributed by atoms with Crippen LogP contribution in [0.5, 0.6) is 0 Å². The molecule has 20 heavy (non-hydrogen) atoms. The number of halogens is 1. The Morgan fingerprint density at radius 2 is 2.30 bits per heavy atom. The molecule has 0 aliphatic rings. The fourth-order valence-electron chi connectivity index (χ4n) is 1.84. The van der Waals surface area contributed by atoms with Crippen molar-refractivity contribution in [1.82, 2.24) is 4.98 Å². The van der Waals surface area contributed by atoms with Crippen LogP contribution >= 0.6 is 11.3 Å². The summed E-state index contributed by atoms with van der Waals surface area (Å²) in [5.41, 5.74) is 7.10. The van der Waals surface area contributed by atoms with Crippen molar-refractivity contribution in [1.29, 1.82) is 0 Å². The Morgan fingerprint density at radius 1 is 1.55 bits per heavy atom. The molecule has 106 valence electrons. The van der Waals surface area contributed by atoms with Gasteiger partial charge in [-0.15, -0.1) is 11.3 Å². The van der Waals surface area contributed by atoms with Crippen LogP contribution in [0, 0.1) is 12.7 Å². The van der Waals surface area contributed by atoms with Crippen LogP contribution in [0.3, 0.4) is 0 Å². The topological polar surface area (TPSA) is 74.7 Å². The summed E-state index contributed by atoms with van der Waals surface area (Å²) in [5, 5.41) is 14.4. The minimum Gasteiger partial charge on any atom is -0.409 e. The van der Waals surface area contributed by atoms with E-state index in [-0.39, 0.29) is 5.84 Å². The lowest BCUT2D eigenvalue weighted by Crippen LogP contribution is -2.19. The lowest BCUT2D eigenvalue weighted by atomic mass is 10.1. The molecule has 0 amide bonds. The number of hydrogen-bond acceptors (Lipinski definition) is 5. The summed E-state index contributed by atoms with van der Waals surface area (Å²) < 4.78 is 14.1. The minimum absolute atomic E-state index is 0.117. The molecule has 0 unspecified atom stereocenters. The highest BCUT2D eigenvalue weighted by Crippen LogP contribution is 2.21. The SMILES string of the molecule is Cc1nc(CN(C)c2ccc(C(N)=NO)cc2F)cs1. The van der Waals surface area contributed by atoms with Crippen LogP contribution in [-0.4, -0.2) is 23.1 Å². The van der Waals surface area contributed by atoms with Crippen molar-refractivity contribution >= 4 is 22.9 Å². The fourth-order valence-corrected chi connectivity index (χ4v) is 2.45. The summed E-state index contributed by atoms with van der Waals surface area (Å²) >= 11 is 1.56. The van der Waals surface area contributed by atoms with Gasteiger partial charge in [-0.2, -0.15) is 0 Å². The molecule has 0 radical (unpaired) electrons. The zero-order valence-electron chi connectivity index (χ0n) is 11.2. The molecular formula is C13H15FN4OS. The first-order valence-electron chi connectivity index (χ1n) is 5.91. The van der Waals surface area contributed by atoms with Gasteiger partial charge in [0.2, 0.25) is 0 Å². The van der Waals surface area contributed by atoms with Gasteiger partial charge < -0.3 is 15.8 Å². The van der Waals surface area contributed by atoms with Crippen molar-refractivity contribution < 1.29 is 9.60 Å². The second-order valence-electron chi connectivity index (χ2n) is 4.37. The van der Waals surface area contributed by atoms with Crippen molar-refractivity contribution in [3.8, 4) is 0 Å². The standard InChI is InChI=1S/C13H15FN4OS/c1-8-16-10(7-20-8)6-18(2)12-4-3-9(5-11(12)14)13(15)17-19/h3-5,7,19H,6H2,1-2H3,(H2,15,17). The van der Waals surface area contributed by atoms with Gasteiger partial charge in [0.25, 0.3) is 0 Å². The molecule has 3 N–H and O–H groups in total. The van der Waals surface area contributed by atoms with E-state index in [1.807, 2.05) is 12.3 Å². The van der Waals surface area contributed by atoms with Gasteiger partial charge in [0.15, 0.2) is 5.84 Å². The van der Waals surface area contributed by atoms with E-state index >= 15 is 0 Å². The van der Waals surface area contributed by atoms with Crippen molar-refractivity contribution in [2.24, 2.45) is 10.9 Å². The van der Waals surface area contributed by atoms with E-state index in [0.29, 0.717) is 17.8 Å². The van der Waals surface area contributed by atoms with Crippen LogP contribution in [0.15, 0.2) is 28.7 Å². The Morgan fingerprint density at radius 3 is 2.85 bits per heavy atom.